The minimum absolute atomic E-state index is 0.384. The highest BCUT2D eigenvalue weighted by atomic mass is 15.3. The van der Waals surface area contributed by atoms with Gasteiger partial charge in [0.05, 0.1) is 5.69 Å². The van der Waals surface area contributed by atoms with Gasteiger partial charge in [-0.2, -0.15) is 0 Å². The molecule has 0 aromatic heterocycles. The molecule has 3 heteroatoms. The maximum Gasteiger partial charge on any atom is 0.196 e. The lowest BCUT2D eigenvalue weighted by atomic mass is 10.2. The first-order valence-corrected chi connectivity index (χ1v) is 6.81. The van der Waals surface area contributed by atoms with E-state index in [-0.39, 0.29) is 0 Å². The van der Waals surface area contributed by atoms with Gasteiger partial charge in [-0.3, -0.25) is 0 Å². The molecule has 2 N–H and O–H groups in total. The van der Waals surface area contributed by atoms with Gasteiger partial charge in [0.2, 0.25) is 0 Å². The zero-order valence-corrected chi connectivity index (χ0v) is 11.8. The van der Waals surface area contributed by atoms with E-state index in [1.165, 1.54) is 19.3 Å². The van der Waals surface area contributed by atoms with Gasteiger partial charge in [0.25, 0.3) is 0 Å². The first-order chi connectivity index (χ1) is 8.65. The van der Waals surface area contributed by atoms with Crippen molar-refractivity contribution in [1.82, 2.24) is 4.90 Å². The van der Waals surface area contributed by atoms with Crippen molar-refractivity contribution in [3.63, 3.8) is 0 Å². The van der Waals surface area contributed by atoms with Gasteiger partial charge in [-0.1, -0.05) is 38.0 Å². The third-order valence-electron chi connectivity index (χ3n) is 2.92. The summed E-state index contributed by atoms with van der Waals surface area (Å²) < 4.78 is 0. The number of benzene rings is 1. The maximum atomic E-state index is 6.11. The largest absolute Gasteiger partial charge is 0.369 e. The summed E-state index contributed by atoms with van der Waals surface area (Å²) in [6.45, 7) is 7.49. The van der Waals surface area contributed by atoms with Crippen LogP contribution in [0.5, 0.6) is 0 Å². The van der Waals surface area contributed by atoms with E-state index in [2.05, 4.69) is 30.7 Å². The maximum absolute atomic E-state index is 6.11. The Morgan fingerprint density at radius 2 is 1.89 bits per heavy atom. The van der Waals surface area contributed by atoms with Crippen LogP contribution in [0.1, 0.15) is 40.0 Å². The fourth-order valence-corrected chi connectivity index (χ4v) is 1.87. The lowest BCUT2D eigenvalue weighted by Gasteiger charge is -2.27. The van der Waals surface area contributed by atoms with Crippen molar-refractivity contribution in [2.75, 3.05) is 6.54 Å². The van der Waals surface area contributed by atoms with E-state index in [1.807, 2.05) is 30.3 Å². The molecule has 0 fully saturated rings. The molecule has 0 radical (unpaired) electrons. The van der Waals surface area contributed by atoms with Crippen LogP contribution in [0.3, 0.4) is 0 Å². The summed E-state index contributed by atoms with van der Waals surface area (Å²) in [5, 5.41) is 0. The highest BCUT2D eigenvalue weighted by Gasteiger charge is 2.11. The second-order valence-electron chi connectivity index (χ2n) is 4.80. The van der Waals surface area contributed by atoms with Gasteiger partial charge in [-0.05, 0) is 32.4 Å². The molecule has 0 amide bonds. The van der Waals surface area contributed by atoms with Gasteiger partial charge in [-0.25, -0.2) is 4.99 Å². The van der Waals surface area contributed by atoms with Gasteiger partial charge >= 0.3 is 0 Å². The molecule has 0 spiro atoms. The predicted molar refractivity (Wildman–Crippen MR) is 79.1 cm³/mol. The average molecular weight is 247 g/mol. The molecule has 0 aliphatic heterocycles. The minimum Gasteiger partial charge on any atom is -0.369 e. The van der Waals surface area contributed by atoms with Gasteiger partial charge < -0.3 is 10.6 Å². The van der Waals surface area contributed by atoms with Crippen LogP contribution < -0.4 is 5.73 Å². The molecule has 0 bridgehead atoms. The Morgan fingerprint density at radius 3 is 2.44 bits per heavy atom. The minimum atomic E-state index is 0.384. The summed E-state index contributed by atoms with van der Waals surface area (Å²) in [5.41, 5.74) is 7.02. The van der Waals surface area contributed by atoms with Crippen LogP contribution in [0, 0.1) is 0 Å². The summed E-state index contributed by atoms with van der Waals surface area (Å²) in [6.07, 6.45) is 3.63. The molecule has 0 unspecified atom stereocenters. The van der Waals surface area contributed by atoms with Crippen molar-refractivity contribution in [3.05, 3.63) is 30.3 Å². The molecule has 0 aliphatic carbocycles. The number of para-hydroxylation sites is 1. The van der Waals surface area contributed by atoms with E-state index >= 15 is 0 Å². The van der Waals surface area contributed by atoms with Gasteiger partial charge in [0.1, 0.15) is 0 Å². The Morgan fingerprint density at radius 1 is 1.22 bits per heavy atom. The SMILES string of the molecule is CCCCCN(C(N)=Nc1ccccc1)C(C)C. The van der Waals surface area contributed by atoms with Crippen LogP contribution in [-0.4, -0.2) is 23.4 Å². The topological polar surface area (TPSA) is 41.6 Å². The molecule has 0 saturated carbocycles. The average Bonchev–Trinajstić information content (AvgIpc) is 2.35. The molecule has 1 aromatic rings. The fraction of sp³-hybridized carbons (Fsp3) is 0.533. The molecule has 100 valence electrons. The Bertz CT molecular complexity index is 357. The number of aliphatic imine (C=N–C) groups is 1. The monoisotopic (exact) mass is 247 g/mol. The summed E-state index contributed by atoms with van der Waals surface area (Å²) in [7, 11) is 0. The Balaban J connectivity index is 2.70. The Hall–Kier alpha value is -1.51. The summed E-state index contributed by atoms with van der Waals surface area (Å²) >= 11 is 0. The van der Waals surface area contributed by atoms with Crippen molar-refractivity contribution >= 4 is 11.6 Å². The van der Waals surface area contributed by atoms with E-state index in [9.17, 15) is 0 Å². The molecule has 18 heavy (non-hydrogen) atoms. The van der Waals surface area contributed by atoms with E-state index in [4.69, 9.17) is 5.73 Å². The zero-order valence-electron chi connectivity index (χ0n) is 11.8. The summed E-state index contributed by atoms with van der Waals surface area (Å²) in [6, 6.07) is 10.3. The molecule has 1 aromatic carbocycles. The standard InChI is InChI=1S/C15H25N3/c1-4-5-9-12-18(13(2)3)15(16)17-14-10-7-6-8-11-14/h6-8,10-11,13H,4-5,9,12H2,1-3H3,(H2,16,17). The summed E-state index contributed by atoms with van der Waals surface area (Å²) in [5.74, 6) is 0.618. The molecule has 3 nitrogen and oxygen atoms in total. The first kappa shape index (κ1) is 14.6. The lowest BCUT2D eigenvalue weighted by molar-refractivity contribution is 0.337. The van der Waals surface area contributed by atoms with Crippen molar-refractivity contribution in [2.24, 2.45) is 10.7 Å². The van der Waals surface area contributed by atoms with Crippen molar-refractivity contribution in [2.45, 2.75) is 46.1 Å². The number of unbranched alkanes of at least 4 members (excludes halogenated alkanes) is 2. The molecular weight excluding hydrogens is 222 g/mol. The van der Waals surface area contributed by atoms with Gasteiger partial charge in [-0.15, -0.1) is 0 Å². The number of hydrogen-bond acceptors (Lipinski definition) is 1. The zero-order chi connectivity index (χ0) is 13.4. The third kappa shape index (κ3) is 4.78. The Labute approximate surface area is 111 Å². The van der Waals surface area contributed by atoms with Crippen LogP contribution >= 0.6 is 0 Å². The quantitative estimate of drug-likeness (QED) is 0.474. The van der Waals surface area contributed by atoms with Crippen LogP contribution in [0.2, 0.25) is 0 Å². The number of guanidine groups is 1. The highest BCUT2D eigenvalue weighted by molar-refractivity contribution is 5.81. The van der Waals surface area contributed by atoms with Crippen molar-refractivity contribution in [3.8, 4) is 0 Å². The van der Waals surface area contributed by atoms with Crippen LogP contribution in [0.25, 0.3) is 0 Å². The van der Waals surface area contributed by atoms with Crippen LogP contribution in [0.4, 0.5) is 5.69 Å². The molecular formula is C15H25N3. The highest BCUT2D eigenvalue weighted by Crippen LogP contribution is 2.11. The lowest BCUT2D eigenvalue weighted by Crippen LogP contribution is -2.42. The number of hydrogen-bond donors (Lipinski definition) is 1. The third-order valence-corrected chi connectivity index (χ3v) is 2.92. The van der Waals surface area contributed by atoms with Crippen LogP contribution in [-0.2, 0) is 0 Å². The first-order valence-electron chi connectivity index (χ1n) is 6.81. The number of nitrogens with zero attached hydrogens (tertiary/aromatic N) is 2. The fourth-order valence-electron chi connectivity index (χ4n) is 1.87. The normalized spacial score (nSPS) is 11.9. The van der Waals surface area contributed by atoms with E-state index in [0.717, 1.165) is 12.2 Å². The van der Waals surface area contributed by atoms with Crippen molar-refractivity contribution < 1.29 is 0 Å². The van der Waals surface area contributed by atoms with E-state index in [1.54, 1.807) is 0 Å². The van der Waals surface area contributed by atoms with Crippen LogP contribution in [0.15, 0.2) is 35.3 Å². The summed E-state index contributed by atoms with van der Waals surface area (Å²) in [4.78, 5) is 6.65. The number of nitrogens with two attached hydrogens (primary N) is 1. The molecule has 0 heterocycles. The molecule has 0 saturated heterocycles. The predicted octanol–water partition coefficient (Wildman–Crippen LogP) is 3.53. The smallest absolute Gasteiger partial charge is 0.196 e. The van der Waals surface area contributed by atoms with Crippen molar-refractivity contribution in [1.29, 1.82) is 0 Å². The van der Waals surface area contributed by atoms with Gasteiger partial charge in [0, 0.05) is 12.6 Å². The van der Waals surface area contributed by atoms with E-state index in [0.29, 0.717) is 12.0 Å². The second-order valence-corrected chi connectivity index (χ2v) is 4.80. The molecule has 0 atom stereocenters. The molecule has 0 aliphatic rings. The number of rotatable bonds is 6. The van der Waals surface area contributed by atoms with Gasteiger partial charge in [0.15, 0.2) is 5.96 Å². The second kappa shape index (κ2) is 7.75. The Kier molecular flexibility index (Phi) is 6.26. The molecule has 1 rings (SSSR count). The van der Waals surface area contributed by atoms with E-state index < -0.39 is 0 Å².